The number of thioether (sulfide) groups is 1. The Balaban J connectivity index is 1.92. The fourth-order valence-corrected chi connectivity index (χ4v) is 5.38. The Bertz CT molecular complexity index is 960. The normalized spacial score (nSPS) is 19.3. The summed E-state index contributed by atoms with van der Waals surface area (Å²) in [6.45, 7) is 2.22. The van der Waals surface area contributed by atoms with Crippen molar-refractivity contribution in [2.75, 3.05) is 17.7 Å². The molecule has 140 valence electrons. The molecule has 1 aliphatic heterocycles. The van der Waals surface area contributed by atoms with Gasteiger partial charge in [-0.3, -0.25) is 9.67 Å². The van der Waals surface area contributed by atoms with Gasteiger partial charge < -0.3 is 10.4 Å². The molecule has 0 spiro atoms. The summed E-state index contributed by atoms with van der Waals surface area (Å²) in [5, 5.41) is 18.2. The van der Waals surface area contributed by atoms with Crippen LogP contribution < -0.4 is 5.32 Å². The highest BCUT2D eigenvalue weighted by Crippen LogP contribution is 2.47. The Kier molecular flexibility index (Phi) is 5.25. The van der Waals surface area contributed by atoms with Gasteiger partial charge in [-0.2, -0.15) is 5.10 Å². The third-order valence-electron chi connectivity index (χ3n) is 4.79. The molecule has 5 nitrogen and oxygen atoms in total. The maximum absolute atomic E-state index is 9.78. The van der Waals surface area contributed by atoms with Crippen LogP contribution in [0.5, 0.6) is 0 Å². The molecule has 0 saturated heterocycles. The number of benzene rings is 1. The zero-order valence-electron chi connectivity index (χ0n) is 15.2. The van der Waals surface area contributed by atoms with E-state index in [4.69, 9.17) is 5.10 Å². The lowest BCUT2D eigenvalue weighted by molar-refractivity contribution is 0.282. The van der Waals surface area contributed by atoms with Crippen molar-refractivity contribution < 1.29 is 5.11 Å². The first-order valence-corrected chi connectivity index (χ1v) is 10.7. The molecule has 0 saturated carbocycles. The number of nitrogens with one attached hydrogen (secondary N) is 1. The van der Waals surface area contributed by atoms with E-state index < -0.39 is 0 Å². The van der Waals surface area contributed by atoms with Crippen molar-refractivity contribution >= 4 is 33.5 Å². The van der Waals surface area contributed by atoms with Gasteiger partial charge in [-0.25, -0.2) is 0 Å². The fraction of sp³-hybridized carbons (Fsp3) is 0.300. The SMILES string of the molecule is Cc1cc(Br)ccc1C1SC[C@H](CO)Nc2c1c(-c1ccccn1)nn2C. The molecule has 0 aliphatic carbocycles. The molecule has 0 bridgehead atoms. The number of anilines is 1. The largest absolute Gasteiger partial charge is 0.394 e. The minimum atomic E-state index is -0.0125. The second-order valence-corrected chi connectivity index (χ2v) is 8.74. The van der Waals surface area contributed by atoms with Crippen molar-refractivity contribution in [3.63, 3.8) is 0 Å². The van der Waals surface area contributed by atoms with Crippen molar-refractivity contribution in [1.29, 1.82) is 0 Å². The number of fused-ring (bicyclic) bond motifs is 1. The molecule has 3 heterocycles. The van der Waals surface area contributed by atoms with Crippen LogP contribution in [0.2, 0.25) is 0 Å². The second-order valence-electron chi connectivity index (χ2n) is 6.69. The molecule has 3 aromatic rings. The summed E-state index contributed by atoms with van der Waals surface area (Å²) in [5.41, 5.74) is 5.36. The predicted molar refractivity (Wildman–Crippen MR) is 114 cm³/mol. The molecule has 0 amide bonds. The maximum atomic E-state index is 9.78. The van der Waals surface area contributed by atoms with Crippen LogP contribution in [-0.4, -0.2) is 38.3 Å². The number of rotatable bonds is 3. The minimum Gasteiger partial charge on any atom is -0.394 e. The molecule has 1 aliphatic rings. The second kappa shape index (κ2) is 7.66. The number of aromatic nitrogens is 3. The average Bonchev–Trinajstić information content (AvgIpc) is 2.86. The smallest absolute Gasteiger partial charge is 0.129 e. The molecule has 27 heavy (non-hydrogen) atoms. The van der Waals surface area contributed by atoms with E-state index in [2.05, 4.69) is 51.4 Å². The number of pyridine rings is 1. The quantitative estimate of drug-likeness (QED) is 0.634. The number of hydrogen-bond donors (Lipinski definition) is 2. The highest BCUT2D eigenvalue weighted by atomic mass is 79.9. The van der Waals surface area contributed by atoms with Crippen molar-refractivity contribution in [3.8, 4) is 11.4 Å². The van der Waals surface area contributed by atoms with E-state index in [-0.39, 0.29) is 17.9 Å². The zero-order chi connectivity index (χ0) is 19.0. The number of aliphatic hydroxyl groups excluding tert-OH is 1. The monoisotopic (exact) mass is 444 g/mol. The Morgan fingerprint density at radius 3 is 2.89 bits per heavy atom. The van der Waals surface area contributed by atoms with Gasteiger partial charge in [-0.05, 0) is 42.3 Å². The van der Waals surface area contributed by atoms with Crippen LogP contribution in [0.25, 0.3) is 11.4 Å². The zero-order valence-corrected chi connectivity index (χ0v) is 17.6. The summed E-state index contributed by atoms with van der Waals surface area (Å²) in [7, 11) is 1.94. The Labute approximate surface area is 171 Å². The van der Waals surface area contributed by atoms with Gasteiger partial charge in [0.25, 0.3) is 0 Å². The third kappa shape index (κ3) is 3.51. The molecular formula is C20H21BrN4OS. The van der Waals surface area contributed by atoms with Gasteiger partial charge in [0.1, 0.15) is 11.5 Å². The summed E-state index contributed by atoms with van der Waals surface area (Å²) in [4.78, 5) is 4.54. The van der Waals surface area contributed by atoms with Gasteiger partial charge in [0.15, 0.2) is 0 Å². The van der Waals surface area contributed by atoms with Crippen LogP contribution in [-0.2, 0) is 7.05 Å². The first kappa shape index (κ1) is 18.5. The lowest BCUT2D eigenvalue weighted by atomic mass is 9.98. The predicted octanol–water partition coefficient (Wildman–Crippen LogP) is 4.16. The number of hydrogen-bond acceptors (Lipinski definition) is 5. The molecular weight excluding hydrogens is 424 g/mol. The Morgan fingerprint density at radius 1 is 1.33 bits per heavy atom. The highest BCUT2D eigenvalue weighted by Gasteiger charge is 2.32. The lowest BCUT2D eigenvalue weighted by Gasteiger charge is -2.19. The molecule has 4 rings (SSSR count). The summed E-state index contributed by atoms with van der Waals surface area (Å²) in [5.74, 6) is 1.76. The summed E-state index contributed by atoms with van der Waals surface area (Å²) in [6.07, 6.45) is 1.80. The van der Waals surface area contributed by atoms with Crippen LogP contribution in [0.15, 0.2) is 47.1 Å². The molecule has 0 radical (unpaired) electrons. The number of halogens is 1. The van der Waals surface area contributed by atoms with E-state index in [1.54, 1.807) is 6.20 Å². The third-order valence-corrected chi connectivity index (χ3v) is 6.70. The molecule has 2 aromatic heterocycles. The van der Waals surface area contributed by atoms with Crippen LogP contribution in [0.1, 0.15) is 21.9 Å². The van der Waals surface area contributed by atoms with E-state index in [0.29, 0.717) is 0 Å². The van der Waals surface area contributed by atoms with Crippen molar-refractivity contribution in [2.45, 2.75) is 18.2 Å². The summed E-state index contributed by atoms with van der Waals surface area (Å²) in [6, 6.07) is 12.3. The van der Waals surface area contributed by atoms with E-state index in [0.717, 1.165) is 33.0 Å². The van der Waals surface area contributed by atoms with Gasteiger partial charge >= 0.3 is 0 Å². The van der Waals surface area contributed by atoms with Crippen LogP contribution >= 0.6 is 27.7 Å². The van der Waals surface area contributed by atoms with Gasteiger partial charge in [0, 0.05) is 29.0 Å². The van der Waals surface area contributed by atoms with Crippen molar-refractivity contribution in [1.82, 2.24) is 14.8 Å². The van der Waals surface area contributed by atoms with E-state index in [9.17, 15) is 5.11 Å². The first-order chi connectivity index (χ1) is 13.1. The molecule has 1 aromatic carbocycles. The van der Waals surface area contributed by atoms with Gasteiger partial charge in [0.05, 0.1) is 23.6 Å². The van der Waals surface area contributed by atoms with Crippen LogP contribution in [0.3, 0.4) is 0 Å². The first-order valence-electron chi connectivity index (χ1n) is 8.82. The summed E-state index contributed by atoms with van der Waals surface area (Å²) < 4.78 is 2.94. The number of nitrogens with zero attached hydrogens (tertiary/aromatic N) is 3. The van der Waals surface area contributed by atoms with E-state index >= 15 is 0 Å². The maximum Gasteiger partial charge on any atom is 0.129 e. The average molecular weight is 445 g/mol. The standard InChI is InChI=1S/C20H21BrN4OS/c1-12-9-13(21)6-7-15(12)19-17-18(16-5-3-4-8-22-16)24-25(2)20(17)23-14(10-26)11-27-19/h3-9,14,19,23,26H,10-11H2,1-2H3/t14-,19?/m0/s1. The summed E-state index contributed by atoms with van der Waals surface area (Å²) >= 11 is 5.40. The van der Waals surface area contributed by atoms with Gasteiger partial charge in [0.2, 0.25) is 0 Å². The molecule has 1 unspecified atom stereocenters. The highest BCUT2D eigenvalue weighted by molar-refractivity contribution is 9.10. The lowest BCUT2D eigenvalue weighted by Crippen LogP contribution is -2.26. The molecule has 7 heteroatoms. The van der Waals surface area contributed by atoms with Gasteiger partial charge in [-0.1, -0.05) is 28.1 Å². The molecule has 2 N–H and O–H groups in total. The van der Waals surface area contributed by atoms with E-state index in [1.807, 2.05) is 41.7 Å². The Morgan fingerprint density at radius 2 is 2.19 bits per heavy atom. The van der Waals surface area contributed by atoms with Crippen molar-refractivity contribution in [3.05, 3.63) is 63.8 Å². The number of aliphatic hydroxyl groups is 1. The Hall–Kier alpha value is -1.83. The van der Waals surface area contributed by atoms with Crippen LogP contribution in [0.4, 0.5) is 5.82 Å². The van der Waals surface area contributed by atoms with E-state index in [1.165, 1.54) is 11.1 Å². The van der Waals surface area contributed by atoms with Crippen molar-refractivity contribution in [2.24, 2.45) is 7.05 Å². The minimum absolute atomic E-state index is 0.0125. The van der Waals surface area contributed by atoms with Crippen LogP contribution in [0, 0.1) is 6.92 Å². The number of aryl methyl sites for hydroxylation is 2. The van der Waals surface area contributed by atoms with Gasteiger partial charge in [-0.15, -0.1) is 11.8 Å². The fourth-order valence-electron chi connectivity index (χ4n) is 3.46. The molecule has 2 atom stereocenters. The molecule has 0 fully saturated rings. The topological polar surface area (TPSA) is 63.0 Å².